The molecule has 1 aromatic heterocycles. The van der Waals surface area contributed by atoms with Crippen molar-refractivity contribution in [3.8, 4) is 5.75 Å². The van der Waals surface area contributed by atoms with Crippen molar-refractivity contribution in [2.24, 2.45) is 5.16 Å². The number of aliphatic carboxylic acids is 1. The van der Waals surface area contributed by atoms with E-state index in [1.54, 1.807) is 4.90 Å². The van der Waals surface area contributed by atoms with Crippen LogP contribution in [-0.2, 0) is 25.7 Å². The van der Waals surface area contributed by atoms with Crippen molar-refractivity contribution in [2.45, 2.75) is 63.5 Å². The van der Waals surface area contributed by atoms with E-state index in [-0.39, 0.29) is 37.0 Å². The Labute approximate surface area is 299 Å². The first-order valence-electron chi connectivity index (χ1n) is 16.2. The van der Waals surface area contributed by atoms with Crippen molar-refractivity contribution >= 4 is 29.7 Å². The number of nitrogens with zero attached hydrogens (tertiary/aromatic N) is 4. The zero-order valence-electron chi connectivity index (χ0n) is 29.4. The second kappa shape index (κ2) is 15.8. The van der Waals surface area contributed by atoms with Crippen molar-refractivity contribution in [3.05, 3.63) is 63.1 Å². The molecular formula is C33H38F5N5O10. The van der Waals surface area contributed by atoms with Gasteiger partial charge in [-0.3, -0.25) is 14.4 Å². The molecule has 53 heavy (non-hydrogen) atoms. The summed E-state index contributed by atoms with van der Waals surface area (Å²) in [6.45, 7) is 3.40. The standard InChI is InChI=1S/C31H37F2N5O8.C2HF3O2/c1-18-13-31(46-35-18)9-8-19(2)36-16-24(31)37-15-22(28(40)34-14-20-6-7-21(32)12-23(20)33)26(39)27(25(37)29(36)41)44-17-45-30(42)43-11-10-38(3,4)5;3-2(4,5)1(6)7/h6-7,12,15,19,24H,8-11,13-14,16-17H2,1-5H3;(H,6,7)/t19-,24+,31-;/m0./s1. The summed E-state index contributed by atoms with van der Waals surface area (Å²) in [5.74, 6) is -6.55. The maximum atomic E-state index is 14.3. The zero-order valence-corrected chi connectivity index (χ0v) is 29.4. The molecule has 4 heterocycles. The summed E-state index contributed by atoms with van der Waals surface area (Å²) in [7, 11) is 5.77. The van der Waals surface area contributed by atoms with Crippen molar-refractivity contribution in [3.63, 3.8) is 0 Å². The van der Waals surface area contributed by atoms with Crippen LogP contribution in [0.1, 0.15) is 65.6 Å². The summed E-state index contributed by atoms with van der Waals surface area (Å²) in [6, 6.07) is 2.13. The quantitative estimate of drug-likeness (QED) is 0.173. The summed E-state index contributed by atoms with van der Waals surface area (Å²) < 4.78 is 77.0. The molecule has 1 N–H and O–H groups in total. The Morgan fingerprint density at radius 3 is 2.42 bits per heavy atom. The summed E-state index contributed by atoms with van der Waals surface area (Å²) in [5, 5.41) is 15.5. The molecule has 20 heteroatoms. The van der Waals surface area contributed by atoms with Gasteiger partial charge in [0.05, 0.1) is 32.9 Å². The van der Waals surface area contributed by atoms with Crippen LogP contribution in [-0.4, -0.2) is 109 Å². The molecule has 15 nitrogen and oxygen atoms in total. The molecule has 0 radical (unpaired) electrons. The maximum Gasteiger partial charge on any atom is 0.511 e. The number of quaternary nitrogens is 1. The van der Waals surface area contributed by atoms with Crippen LogP contribution in [0.15, 0.2) is 34.3 Å². The molecule has 2 bridgehead atoms. The van der Waals surface area contributed by atoms with E-state index in [9.17, 15) is 41.1 Å². The van der Waals surface area contributed by atoms with Crippen LogP contribution in [0.5, 0.6) is 5.75 Å². The number of carboxylic acids is 1. The highest BCUT2D eigenvalue weighted by atomic mass is 19.4. The predicted octanol–water partition coefficient (Wildman–Crippen LogP) is 2.27. The van der Waals surface area contributed by atoms with E-state index in [1.807, 2.05) is 35.0 Å². The molecule has 2 amide bonds. The molecule has 3 aliphatic heterocycles. The number of halogens is 5. The van der Waals surface area contributed by atoms with E-state index in [0.717, 1.165) is 11.8 Å². The number of alkyl halides is 3. The van der Waals surface area contributed by atoms with Gasteiger partial charge in [0.1, 0.15) is 36.3 Å². The molecule has 1 spiro atoms. The van der Waals surface area contributed by atoms with E-state index in [4.69, 9.17) is 28.9 Å². The van der Waals surface area contributed by atoms with Gasteiger partial charge in [-0.25, -0.2) is 13.6 Å². The molecule has 3 atom stereocenters. The third-order valence-corrected chi connectivity index (χ3v) is 8.72. The molecule has 0 unspecified atom stereocenters. The second-order valence-corrected chi connectivity index (χ2v) is 13.7. The van der Waals surface area contributed by atoms with Crippen LogP contribution in [0.3, 0.4) is 0 Å². The molecule has 0 aliphatic carbocycles. The number of benzene rings is 1. The summed E-state index contributed by atoms with van der Waals surface area (Å²) in [4.78, 5) is 69.9. The lowest BCUT2D eigenvalue weighted by Crippen LogP contribution is -2.52. The molecule has 3 aliphatic rings. The Hall–Kier alpha value is -5.27. The minimum absolute atomic E-state index is 0.00373. The first kappa shape index (κ1) is 40.5. The van der Waals surface area contributed by atoms with E-state index in [0.29, 0.717) is 36.4 Å². The topological polar surface area (TPSA) is 178 Å². The number of ether oxygens (including phenoxy) is 3. The van der Waals surface area contributed by atoms with Crippen LogP contribution in [0, 0.1) is 11.6 Å². The summed E-state index contributed by atoms with van der Waals surface area (Å²) in [6.07, 6.45) is -3.37. The molecule has 2 aromatic rings. The van der Waals surface area contributed by atoms with Gasteiger partial charge in [-0.15, -0.1) is 0 Å². The van der Waals surface area contributed by atoms with Crippen molar-refractivity contribution in [1.29, 1.82) is 0 Å². The Morgan fingerprint density at radius 1 is 1.15 bits per heavy atom. The van der Waals surface area contributed by atoms with Crippen molar-refractivity contribution in [2.75, 3.05) is 47.6 Å². The highest BCUT2D eigenvalue weighted by molar-refractivity contribution is 5.99. The van der Waals surface area contributed by atoms with Gasteiger partial charge in [0, 0.05) is 43.4 Å². The fourth-order valence-electron chi connectivity index (χ4n) is 5.92. The number of oxime groups is 1. The van der Waals surface area contributed by atoms with Gasteiger partial charge in [0.2, 0.25) is 18.0 Å². The number of aromatic nitrogens is 1. The van der Waals surface area contributed by atoms with Crippen LogP contribution in [0.4, 0.5) is 26.7 Å². The lowest BCUT2D eigenvalue weighted by molar-refractivity contribution is -0.870. The summed E-state index contributed by atoms with van der Waals surface area (Å²) >= 11 is 0. The predicted molar refractivity (Wildman–Crippen MR) is 170 cm³/mol. The number of fused-ring (bicyclic) bond motifs is 5. The SMILES string of the molecule is CC1=NO[C@@]2(CC[C@H](C)N3C[C@H]2n2cc(C(=O)NCc4ccc(F)cc4F)c(=O)c(OCOC(=O)OCC[N+](C)(C)C)c2C3=O)C1.O=C([O-])C(F)(F)F. The van der Waals surface area contributed by atoms with Crippen molar-refractivity contribution in [1.82, 2.24) is 14.8 Å². The number of carbonyl (C=O) groups excluding carboxylic acids is 4. The Balaban J connectivity index is 0.000000815. The third kappa shape index (κ3) is 9.59. The number of carbonyl (C=O) groups is 4. The Bertz CT molecular complexity index is 1840. The molecule has 0 saturated carbocycles. The van der Waals surface area contributed by atoms with Gasteiger partial charge in [-0.2, -0.15) is 13.2 Å². The second-order valence-electron chi connectivity index (χ2n) is 13.7. The van der Waals surface area contributed by atoms with E-state index >= 15 is 0 Å². The molecule has 5 rings (SSSR count). The molecule has 1 aromatic carbocycles. The monoisotopic (exact) mass is 759 g/mol. The molecule has 1 fully saturated rings. The van der Waals surface area contributed by atoms with Gasteiger partial charge in [-0.1, -0.05) is 11.2 Å². The number of amides is 2. The number of pyridine rings is 1. The Kier molecular flexibility index (Phi) is 12.0. The van der Waals surface area contributed by atoms with Gasteiger partial charge in [0.15, 0.2) is 11.3 Å². The fourth-order valence-corrected chi connectivity index (χ4v) is 5.92. The smallest absolute Gasteiger partial charge is 0.511 e. The zero-order chi connectivity index (χ0) is 39.5. The van der Waals surface area contributed by atoms with E-state index in [1.165, 1.54) is 16.8 Å². The van der Waals surface area contributed by atoms with Gasteiger partial charge < -0.3 is 48.2 Å². The molecule has 1 saturated heterocycles. The minimum atomic E-state index is -5.19. The molecule has 290 valence electrons. The number of hydrogen-bond donors (Lipinski definition) is 1. The van der Waals surface area contributed by atoms with E-state index in [2.05, 4.69) is 10.5 Å². The average Bonchev–Trinajstić information content (AvgIpc) is 3.38. The highest BCUT2D eigenvalue weighted by Gasteiger charge is 2.54. The normalized spacial score (nSPS) is 20.6. The first-order valence-corrected chi connectivity index (χ1v) is 16.2. The summed E-state index contributed by atoms with van der Waals surface area (Å²) in [5.41, 5.74) is -1.60. The lowest BCUT2D eigenvalue weighted by Gasteiger charge is -2.42. The molecular weight excluding hydrogens is 721 g/mol. The fraction of sp³-hybridized carbons (Fsp3) is 0.515. The van der Waals surface area contributed by atoms with Crippen LogP contribution < -0.4 is 20.6 Å². The Morgan fingerprint density at radius 2 is 1.83 bits per heavy atom. The minimum Gasteiger partial charge on any atom is -0.542 e. The van der Waals surface area contributed by atoms with Gasteiger partial charge >= 0.3 is 12.3 Å². The van der Waals surface area contributed by atoms with Crippen LogP contribution in [0.25, 0.3) is 0 Å². The van der Waals surface area contributed by atoms with Gasteiger partial charge in [0.25, 0.3) is 11.8 Å². The number of rotatable bonds is 9. The number of likely N-dealkylation sites (N-methyl/N-ethyl adjacent to an activating group) is 1. The first-order chi connectivity index (χ1) is 24.6. The third-order valence-electron chi connectivity index (χ3n) is 8.72. The van der Waals surface area contributed by atoms with Crippen LogP contribution in [0.2, 0.25) is 0 Å². The van der Waals surface area contributed by atoms with Crippen LogP contribution >= 0.6 is 0 Å². The number of carboxylic acid groups (broad SMARTS) is 1. The van der Waals surface area contributed by atoms with Crippen molar-refractivity contribution < 1.29 is 69.8 Å². The number of hydrogen-bond acceptors (Lipinski definition) is 11. The largest absolute Gasteiger partial charge is 0.542 e. The lowest BCUT2D eigenvalue weighted by atomic mass is 9.84. The van der Waals surface area contributed by atoms with E-state index < -0.39 is 76.9 Å². The van der Waals surface area contributed by atoms with Gasteiger partial charge in [-0.05, 0) is 32.8 Å². The number of nitrogens with one attached hydrogen (secondary N) is 1. The highest BCUT2D eigenvalue weighted by Crippen LogP contribution is 2.46. The maximum absolute atomic E-state index is 14.3. The average molecular weight is 760 g/mol.